The van der Waals surface area contributed by atoms with Crippen LogP contribution in [0.5, 0.6) is 5.75 Å². The number of hydrogen-bond acceptors (Lipinski definition) is 1. The molecule has 5 heteroatoms. The third-order valence-electron chi connectivity index (χ3n) is 5.40. The third kappa shape index (κ3) is 4.82. The number of rotatable bonds is 6. The highest BCUT2D eigenvalue weighted by atomic mass is 19.2. The van der Waals surface area contributed by atoms with Crippen LogP contribution < -0.4 is 4.74 Å². The summed E-state index contributed by atoms with van der Waals surface area (Å²) in [6.45, 7) is 1.93. The largest absolute Gasteiger partial charge is 0.483 e. The van der Waals surface area contributed by atoms with E-state index in [0.717, 1.165) is 43.7 Å². The molecule has 0 aliphatic heterocycles. The van der Waals surface area contributed by atoms with E-state index in [1.165, 1.54) is 31.0 Å². The van der Waals surface area contributed by atoms with Crippen LogP contribution in [0, 0.1) is 29.2 Å². The first-order chi connectivity index (χ1) is 13.0. The van der Waals surface area contributed by atoms with Gasteiger partial charge in [-0.25, -0.2) is 17.6 Å². The second kappa shape index (κ2) is 8.77. The minimum absolute atomic E-state index is 0.169. The Morgan fingerprint density at radius 3 is 2.11 bits per heavy atom. The van der Waals surface area contributed by atoms with Crippen molar-refractivity contribution in [3.8, 4) is 5.75 Å². The van der Waals surface area contributed by atoms with Gasteiger partial charge in [0, 0.05) is 0 Å². The molecule has 1 fully saturated rings. The summed E-state index contributed by atoms with van der Waals surface area (Å²) in [5, 5.41) is 0. The molecule has 2 aromatic rings. The zero-order chi connectivity index (χ0) is 19.4. The average Bonchev–Trinajstić information content (AvgIpc) is 2.64. The monoisotopic (exact) mass is 380 g/mol. The summed E-state index contributed by atoms with van der Waals surface area (Å²) in [6.07, 6.45) is 6.46. The molecule has 3 rings (SSSR count). The Kier molecular flexibility index (Phi) is 6.40. The Morgan fingerprint density at radius 1 is 0.852 bits per heavy atom. The number of ether oxygens (including phenoxy) is 1. The van der Waals surface area contributed by atoms with Crippen molar-refractivity contribution in [1.82, 2.24) is 0 Å². The summed E-state index contributed by atoms with van der Waals surface area (Å²) in [6, 6.07) is 5.91. The Morgan fingerprint density at radius 2 is 1.52 bits per heavy atom. The van der Waals surface area contributed by atoms with Crippen LogP contribution in [0.3, 0.4) is 0 Å². The zero-order valence-electron chi connectivity index (χ0n) is 15.4. The van der Waals surface area contributed by atoms with Crippen molar-refractivity contribution < 1.29 is 22.3 Å². The van der Waals surface area contributed by atoms with E-state index in [2.05, 4.69) is 6.92 Å². The molecule has 0 unspecified atom stereocenters. The first-order valence-electron chi connectivity index (χ1n) is 9.53. The Balaban J connectivity index is 1.67. The average molecular weight is 380 g/mol. The Hall–Kier alpha value is -2.04. The van der Waals surface area contributed by atoms with E-state index in [0.29, 0.717) is 11.1 Å². The molecule has 1 nitrogen and oxygen atoms in total. The van der Waals surface area contributed by atoms with E-state index in [-0.39, 0.29) is 12.5 Å². The van der Waals surface area contributed by atoms with Crippen LogP contribution in [0.25, 0.3) is 0 Å². The molecule has 0 radical (unpaired) electrons. The fraction of sp³-hybridized carbons (Fsp3) is 0.455. The molecule has 0 atom stereocenters. The van der Waals surface area contributed by atoms with Crippen LogP contribution in [0.1, 0.15) is 62.5 Å². The molecule has 0 amide bonds. The molecule has 1 saturated carbocycles. The summed E-state index contributed by atoms with van der Waals surface area (Å²) < 4.78 is 60.2. The van der Waals surface area contributed by atoms with Gasteiger partial charge in [-0.1, -0.05) is 25.8 Å². The van der Waals surface area contributed by atoms with Gasteiger partial charge in [0.1, 0.15) is 6.61 Å². The van der Waals surface area contributed by atoms with Gasteiger partial charge in [0.2, 0.25) is 0 Å². The summed E-state index contributed by atoms with van der Waals surface area (Å²) in [4.78, 5) is 0. The molecular formula is C22H24F4O. The van der Waals surface area contributed by atoms with Gasteiger partial charge in [-0.3, -0.25) is 0 Å². The van der Waals surface area contributed by atoms with Crippen LogP contribution in [0.2, 0.25) is 0 Å². The smallest absolute Gasteiger partial charge is 0.191 e. The molecule has 0 N–H and O–H groups in total. The van der Waals surface area contributed by atoms with E-state index in [1.54, 1.807) is 0 Å². The van der Waals surface area contributed by atoms with Crippen LogP contribution >= 0.6 is 0 Å². The number of benzene rings is 2. The standard InChI is InChI=1S/C22H24F4O/c1-2-3-14-4-7-16(8-5-14)17-11-20(25)22(21(26)12-17)27-13-15-6-9-18(23)19(24)10-15/h6,9-12,14,16H,2-5,7-8,13H2,1H3/t14-,16-. The third-order valence-corrected chi connectivity index (χ3v) is 5.40. The number of hydrogen-bond donors (Lipinski definition) is 0. The Bertz CT molecular complexity index is 759. The minimum atomic E-state index is -1.02. The molecule has 1 aliphatic rings. The van der Waals surface area contributed by atoms with E-state index < -0.39 is 29.0 Å². The minimum Gasteiger partial charge on any atom is -0.483 e. The van der Waals surface area contributed by atoms with Crippen LogP contribution in [0.4, 0.5) is 17.6 Å². The van der Waals surface area contributed by atoms with Crippen molar-refractivity contribution in [3.05, 3.63) is 64.7 Å². The van der Waals surface area contributed by atoms with Crippen LogP contribution in [-0.2, 0) is 6.61 Å². The van der Waals surface area contributed by atoms with Crippen LogP contribution in [-0.4, -0.2) is 0 Å². The quantitative estimate of drug-likeness (QED) is 0.496. The topological polar surface area (TPSA) is 9.23 Å². The van der Waals surface area contributed by atoms with Gasteiger partial charge in [-0.2, -0.15) is 0 Å². The summed E-state index contributed by atoms with van der Waals surface area (Å²) in [5.74, 6) is -3.11. The van der Waals surface area contributed by atoms with Gasteiger partial charge >= 0.3 is 0 Å². The van der Waals surface area contributed by atoms with Gasteiger partial charge in [-0.05, 0) is 72.9 Å². The van der Waals surface area contributed by atoms with Gasteiger partial charge < -0.3 is 4.74 Å². The lowest BCUT2D eigenvalue weighted by molar-refractivity contribution is 0.271. The van der Waals surface area contributed by atoms with E-state index in [9.17, 15) is 17.6 Å². The maximum atomic E-state index is 14.4. The summed E-state index contributed by atoms with van der Waals surface area (Å²) in [5.41, 5.74) is 0.964. The molecule has 0 bridgehead atoms. The zero-order valence-corrected chi connectivity index (χ0v) is 15.4. The maximum Gasteiger partial charge on any atom is 0.191 e. The predicted octanol–water partition coefficient (Wildman–Crippen LogP) is 6.90. The molecule has 0 spiro atoms. The van der Waals surface area contributed by atoms with Crippen molar-refractivity contribution in [2.45, 2.75) is 58.0 Å². The lowest BCUT2D eigenvalue weighted by Crippen LogP contribution is -2.14. The van der Waals surface area contributed by atoms with Crippen molar-refractivity contribution in [3.63, 3.8) is 0 Å². The molecule has 27 heavy (non-hydrogen) atoms. The number of halogens is 4. The van der Waals surface area contributed by atoms with Gasteiger partial charge in [0.25, 0.3) is 0 Å². The lowest BCUT2D eigenvalue weighted by atomic mass is 9.77. The maximum absolute atomic E-state index is 14.4. The molecule has 146 valence electrons. The fourth-order valence-electron chi connectivity index (χ4n) is 3.93. The van der Waals surface area contributed by atoms with Gasteiger partial charge in [-0.15, -0.1) is 0 Å². The van der Waals surface area contributed by atoms with Gasteiger partial charge in [0.05, 0.1) is 0 Å². The predicted molar refractivity (Wildman–Crippen MR) is 96.7 cm³/mol. The molecule has 0 aromatic heterocycles. The van der Waals surface area contributed by atoms with E-state index in [1.807, 2.05) is 0 Å². The molecule has 0 heterocycles. The Labute approximate surface area is 157 Å². The second-order valence-corrected chi connectivity index (χ2v) is 7.36. The van der Waals surface area contributed by atoms with E-state index >= 15 is 0 Å². The molecule has 1 aliphatic carbocycles. The van der Waals surface area contributed by atoms with E-state index in [4.69, 9.17) is 4.74 Å². The highest BCUT2D eigenvalue weighted by molar-refractivity contribution is 5.33. The highest BCUT2D eigenvalue weighted by Gasteiger charge is 2.24. The summed E-state index contributed by atoms with van der Waals surface area (Å²) in [7, 11) is 0. The van der Waals surface area contributed by atoms with Crippen molar-refractivity contribution in [2.75, 3.05) is 0 Å². The first-order valence-corrected chi connectivity index (χ1v) is 9.53. The van der Waals surface area contributed by atoms with Crippen molar-refractivity contribution >= 4 is 0 Å². The fourth-order valence-corrected chi connectivity index (χ4v) is 3.93. The molecule has 0 saturated heterocycles. The molecule has 2 aromatic carbocycles. The normalized spacial score (nSPS) is 19.9. The summed E-state index contributed by atoms with van der Waals surface area (Å²) >= 11 is 0. The van der Waals surface area contributed by atoms with Crippen LogP contribution in [0.15, 0.2) is 30.3 Å². The first kappa shape index (κ1) is 19.7. The lowest BCUT2D eigenvalue weighted by Gasteiger charge is -2.28. The highest BCUT2D eigenvalue weighted by Crippen LogP contribution is 2.39. The van der Waals surface area contributed by atoms with Crippen molar-refractivity contribution in [1.29, 1.82) is 0 Å². The van der Waals surface area contributed by atoms with Crippen molar-refractivity contribution in [2.24, 2.45) is 5.92 Å². The SMILES string of the molecule is CCC[C@H]1CC[C@H](c2cc(F)c(OCc3ccc(F)c(F)c3)c(F)c2)CC1. The molecular weight excluding hydrogens is 356 g/mol. The second-order valence-electron chi connectivity index (χ2n) is 7.36. The van der Waals surface area contributed by atoms with Gasteiger partial charge in [0.15, 0.2) is 29.0 Å².